The summed E-state index contributed by atoms with van der Waals surface area (Å²) in [6.07, 6.45) is 3.48. The normalized spacial score (nSPS) is 15.5. The number of carbonyl (C=O) groups is 1. The molecule has 0 atom stereocenters. The summed E-state index contributed by atoms with van der Waals surface area (Å²) in [5, 5.41) is 2.97. The van der Waals surface area contributed by atoms with Crippen molar-refractivity contribution in [1.82, 2.24) is 10.2 Å². The minimum Gasteiger partial charge on any atom is -0.334 e. The fourth-order valence-electron chi connectivity index (χ4n) is 2.25. The van der Waals surface area contributed by atoms with E-state index < -0.39 is 0 Å². The number of nitrogens with one attached hydrogen (secondary N) is 1. The van der Waals surface area contributed by atoms with Crippen LogP contribution in [0.15, 0.2) is 24.3 Å². The number of carbonyl (C=O) groups excluding carboxylic acids is 1. The zero-order valence-corrected chi connectivity index (χ0v) is 10.7. The molecule has 1 aromatic rings. The van der Waals surface area contributed by atoms with Gasteiger partial charge in [0.2, 0.25) is 0 Å². The molecule has 0 saturated carbocycles. The van der Waals surface area contributed by atoms with E-state index in [1.165, 1.54) is 6.42 Å². The maximum atomic E-state index is 11.9. The van der Waals surface area contributed by atoms with Gasteiger partial charge in [-0.2, -0.15) is 0 Å². The second kappa shape index (κ2) is 6.40. The van der Waals surface area contributed by atoms with Crippen LogP contribution < -0.4 is 11.1 Å². The lowest BCUT2D eigenvalue weighted by Gasteiger charge is -2.26. The summed E-state index contributed by atoms with van der Waals surface area (Å²) in [7, 11) is 0. The highest BCUT2D eigenvalue weighted by molar-refractivity contribution is 5.74. The third-order valence-corrected chi connectivity index (χ3v) is 3.31. The van der Waals surface area contributed by atoms with Crippen LogP contribution in [-0.2, 0) is 13.1 Å². The van der Waals surface area contributed by atoms with Crippen molar-refractivity contribution >= 4 is 6.03 Å². The Bertz CT molecular complexity index is 400. The third kappa shape index (κ3) is 3.47. The minimum absolute atomic E-state index is 0.0489. The summed E-state index contributed by atoms with van der Waals surface area (Å²) in [6, 6.07) is 8.07. The van der Waals surface area contributed by atoms with Gasteiger partial charge in [0.05, 0.1) is 0 Å². The van der Waals surface area contributed by atoms with E-state index in [4.69, 9.17) is 5.73 Å². The van der Waals surface area contributed by atoms with Gasteiger partial charge in [0, 0.05) is 26.2 Å². The molecule has 1 fully saturated rings. The van der Waals surface area contributed by atoms with Crippen molar-refractivity contribution in [1.29, 1.82) is 0 Å². The SMILES string of the molecule is NCc1cccc(CNC(=O)N2CCCCC2)c1. The van der Waals surface area contributed by atoms with Crippen LogP contribution in [0.3, 0.4) is 0 Å². The second-order valence-corrected chi connectivity index (χ2v) is 4.73. The van der Waals surface area contributed by atoms with Gasteiger partial charge in [-0.15, -0.1) is 0 Å². The third-order valence-electron chi connectivity index (χ3n) is 3.31. The molecule has 0 spiro atoms. The Hall–Kier alpha value is -1.55. The molecule has 2 rings (SSSR count). The molecule has 4 heteroatoms. The van der Waals surface area contributed by atoms with Crippen LogP contribution in [0.2, 0.25) is 0 Å². The first-order valence-corrected chi connectivity index (χ1v) is 6.60. The van der Waals surface area contributed by atoms with Crippen molar-refractivity contribution in [2.45, 2.75) is 32.4 Å². The van der Waals surface area contributed by atoms with E-state index in [2.05, 4.69) is 5.32 Å². The number of nitrogens with zero attached hydrogens (tertiary/aromatic N) is 1. The molecule has 1 aromatic carbocycles. The first-order valence-electron chi connectivity index (χ1n) is 6.60. The predicted molar refractivity (Wildman–Crippen MR) is 72.0 cm³/mol. The summed E-state index contributed by atoms with van der Waals surface area (Å²) in [4.78, 5) is 13.8. The van der Waals surface area contributed by atoms with Crippen LogP contribution in [0.5, 0.6) is 0 Å². The number of piperidine rings is 1. The number of nitrogens with two attached hydrogens (primary N) is 1. The van der Waals surface area contributed by atoms with Crippen LogP contribution >= 0.6 is 0 Å². The number of hydrogen-bond donors (Lipinski definition) is 2. The van der Waals surface area contributed by atoms with Gasteiger partial charge in [-0.05, 0) is 30.4 Å². The summed E-state index contributed by atoms with van der Waals surface area (Å²) < 4.78 is 0. The molecule has 3 N–H and O–H groups in total. The monoisotopic (exact) mass is 247 g/mol. The number of benzene rings is 1. The Labute approximate surface area is 108 Å². The topological polar surface area (TPSA) is 58.4 Å². The fourth-order valence-corrected chi connectivity index (χ4v) is 2.25. The van der Waals surface area contributed by atoms with Crippen LogP contribution in [0.4, 0.5) is 4.79 Å². The lowest BCUT2D eigenvalue weighted by atomic mass is 10.1. The number of amides is 2. The minimum atomic E-state index is 0.0489. The Morgan fingerprint density at radius 2 is 1.94 bits per heavy atom. The largest absolute Gasteiger partial charge is 0.334 e. The number of likely N-dealkylation sites (tertiary alicyclic amines) is 1. The zero-order chi connectivity index (χ0) is 12.8. The smallest absolute Gasteiger partial charge is 0.317 e. The molecule has 0 radical (unpaired) electrons. The highest BCUT2D eigenvalue weighted by Gasteiger charge is 2.15. The lowest BCUT2D eigenvalue weighted by Crippen LogP contribution is -2.42. The molecule has 18 heavy (non-hydrogen) atoms. The van der Waals surface area contributed by atoms with Crippen molar-refractivity contribution < 1.29 is 4.79 Å². The van der Waals surface area contributed by atoms with Crippen LogP contribution in [-0.4, -0.2) is 24.0 Å². The van der Waals surface area contributed by atoms with Crippen molar-refractivity contribution in [3.8, 4) is 0 Å². The highest BCUT2D eigenvalue weighted by atomic mass is 16.2. The van der Waals surface area contributed by atoms with E-state index in [1.807, 2.05) is 29.2 Å². The highest BCUT2D eigenvalue weighted by Crippen LogP contribution is 2.09. The molecule has 1 aliphatic rings. The van der Waals surface area contributed by atoms with E-state index in [0.717, 1.165) is 37.1 Å². The average molecular weight is 247 g/mol. The molecule has 1 heterocycles. The van der Waals surface area contributed by atoms with Crippen molar-refractivity contribution in [2.24, 2.45) is 5.73 Å². The molecule has 2 amide bonds. The predicted octanol–water partition coefficient (Wildman–Crippen LogP) is 1.84. The standard InChI is InChI=1S/C14H21N3O/c15-10-12-5-4-6-13(9-12)11-16-14(18)17-7-2-1-3-8-17/h4-6,9H,1-3,7-8,10-11,15H2,(H,16,18). The van der Waals surface area contributed by atoms with E-state index in [1.54, 1.807) is 0 Å². The molecular weight excluding hydrogens is 226 g/mol. The Morgan fingerprint density at radius 1 is 1.22 bits per heavy atom. The number of rotatable bonds is 3. The summed E-state index contributed by atoms with van der Waals surface area (Å²) in [5.41, 5.74) is 7.79. The van der Waals surface area contributed by atoms with E-state index in [0.29, 0.717) is 13.1 Å². The molecule has 4 nitrogen and oxygen atoms in total. The van der Waals surface area contributed by atoms with Crippen LogP contribution in [0, 0.1) is 0 Å². The molecule has 0 unspecified atom stereocenters. The maximum absolute atomic E-state index is 11.9. The molecule has 1 saturated heterocycles. The van der Waals surface area contributed by atoms with Gasteiger partial charge in [0.1, 0.15) is 0 Å². The van der Waals surface area contributed by atoms with Gasteiger partial charge < -0.3 is 16.0 Å². The summed E-state index contributed by atoms with van der Waals surface area (Å²) in [5.74, 6) is 0. The molecule has 0 bridgehead atoms. The maximum Gasteiger partial charge on any atom is 0.317 e. The van der Waals surface area contributed by atoms with Crippen LogP contribution in [0.25, 0.3) is 0 Å². The lowest BCUT2D eigenvalue weighted by molar-refractivity contribution is 0.186. The number of urea groups is 1. The summed E-state index contributed by atoms with van der Waals surface area (Å²) >= 11 is 0. The molecular formula is C14H21N3O. The first kappa shape index (κ1) is 12.9. The van der Waals surface area contributed by atoms with Gasteiger partial charge in [-0.25, -0.2) is 4.79 Å². The summed E-state index contributed by atoms with van der Waals surface area (Å²) in [6.45, 7) is 2.88. The quantitative estimate of drug-likeness (QED) is 0.856. The van der Waals surface area contributed by atoms with Crippen molar-refractivity contribution in [3.05, 3.63) is 35.4 Å². The van der Waals surface area contributed by atoms with Gasteiger partial charge in [-0.3, -0.25) is 0 Å². The van der Waals surface area contributed by atoms with Gasteiger partial charge >= 0.3 is 6.03 Å². The van der Waals surface area contributed by atoms with E-state index in [9.17, 15) is 4.79 Å². The second-order valence-electron chi connectivity index (χ2n) is 4.73. The average Bonchev–Trinajstić information content (AvgIpc) is 2.46. The van der Waals surface area contributed by atoms with E-state index in [-0.39, 0.29) is 6.03 Å². The molecule has 98 valence electrons. The molecule has 0 aliphatic carbocycles. The van der Waals surface area contributed by atoms with Gasteiger partial charge in [-0.1, -0.05) is 24.3 Å². The molecule has 1 aliphatic heterocycles. The first-order chi connectivity index (χ1) is 8.79. The Kier molecular flexibility index (Phi) is 4.59. The Morgan fingerprint density at radius 3 is 2.67 bits per heavy atom. The number of hydrogen-bond acceptors (Lipinski definition) is 2. The zero-order valence-electron chi connectivity index (χ0n) is 10.7. The van der Waals surface area contributed by atoms with Crippen LogP contribution in [0.1, 0.15) is 30.4 Å². The fraction of sp³-hybridized carbons (Fsp3) is 0.500. The van der Waals surface area contributed by atoms with Gasteiger partial charge in [0.15, 0.2) is 0 Å². The van der Waals surface area contributed by atoms with Crippen molar-refractivity contribution in [3.63, 3.8) is 0 Å². The Balaban J connectivity index is 1.84. The van der Waals surface area contributed by atoms with Gasteiger partial charge in [0.25, 0.3) is 0 Å². The molecule has 0 aromatic heterocycles. The van der Waals surface area contributed by atoms with E-state index >= 15 is 0 Å². The van der Waals surface area contributed by atoms with Crippen molar-refractivity contribution in [2.75, 3.05) is 13.1 Å².